The molecule has 0 spiro atoms. The van der Waals surface area contributed by atoms with Crippen molar-refractivity contribution in [2.75, 3.05) is 13.1 Å². The Morgan fingerprint density at radius 3 is 2.23 bits per heavy atom. The first-order chi connectivity index (χ1) is 16.6. The Bertz CT molecular complexity index is 1150. The van der Waals surface area contributed by atoms with E-state index in [1.807, 2.05) is 38.1 Å². The third kappa shape index (κ3) is 6.04. The van der Waals surface area contributed by atoms with Crippen LogP contribution in [-0.2, 0) is 24.0 Å². The minimum atomic E-state index is -4.90. The SMILES string of the molecule is CC1CN(Cc2ccc(CNC(=O)c3nnn(-c4ccc(F)cc4)c3C(F)(F)F)cc2)CC(C)O1. The van der Waals surface area contributed by atoms with E-state index in [0.29, 0.717) is 4.68 Å². The molecule has 2 aromatic carbocycles. The molecular formula is C24H25F4N5O2. The summed E-state index contributed by atoms with van der Waals surface area (Å²) in [5, 5.41) is 9.41. The van der Waals surface area contributed by atoms with E-state index >= 15 is 0 Å². The number of nitrogens with zero attached hydrogens (tertiary/aromatic N) is 4. The van der Waals surface area contributed by atoms with Gasteiger partial charge in [0.2, 0.25) is 0 Å². The molecule has 0 bridgehead atoms. The van der Waals surface area contributed by atoms with Crippen molar-refractivity contribution in [1.82, 2.24) is 25.2 Å². The minimum Gasteiger partial charge on any atom is -0.373 e. The lowest BCUT2D eigenvalue weighted by Crippen LogP contribution is -2.44. The van der Waals surface area contributed by atoms with Crippen molar-refractivity contribution in [3.05, 3.63) is 76.9 Å². The number of hydrogen-bond donors (Lipinski definition) is 1. The third-order valence-electron chi connectivity index (χ3n) is 5.60. The third-order valence-corrected chi connectivity index (χ3v) is 5.60. The van der Waals surface area contributed by atoms with E-state index < -0.39 is 29.3 Å². The van der Waals surface area contributed by atoms with E-state index in [1.54, 1.807) is 0 Å². The zero-order chi connectivity index (χ0) is 25.2. The van der Waals surface area contributed by atoms with Gasteiger partial charge >= 0.3 is 6.18 Å². The van der Waals surface area contributed by atoms with Crippen LogP contribution in [0, 0.1) is 5.82 Å². The maximum Gasteiger partial charge on any atom is 0.435 e. The highest BCUT2D eigenvalue weighted by Crippen LogP contribution is 2.32. The van der Waals surface area contributed by atoms with Crippen molar-refractivity contribution in [3.8, 4) is 5.69 Å². The molecule has 3 aromatic rings. The topological polar surface area (TPSA) is 72.3 Å². The summed E-state index contributed by atoms with van der Waals surface area (Å²) in [6, 6.07) is 11.8. The number of aromatic nitrogens is 3. The van der Waals surface area contributed by atoms with Gasteiger partial charge in [0.25, 0.3) is 5.91 Å². The number of carbonyl (C=O) groups is 1. The van der Waals surface area contributed by atoms with Crippen molar-refractivity contribution in [1.29, 1.82) is 0 Å². The van der Waals surface area contributed by atoms with Gasteiger partial charge in [-0.2, -0.15) is 13.2 Å². The van der Waals surface area contributed by atoms with E-state index in [9.17, 15) is 22.4 Å². The molecule has 1 aromatic heterocycles. The standard InChI is InChI=1S/C24H25F4N5O2/c1-15-12-32(13-16(2)35-15)14-18-5-3-17(4-6-18)11-29-23(34)21-22(24(26,27)28)33(31-30-21)20-9-7-19(25)8-10-20/h3-10,15-16H,11-14H2,1-2H3,(H,29,34). The summed E-state index contributed by atoms with van der Waals surface area (Å²) >= 11 is 0. The van der Waals surface area contributed by atoms with Crippen LogP contribution in [0.15, 0.2) is 48.5 Å². The van der Waals surface area contributed by atoms with Crippen molar-refractivity contribution in [2.45, 2.75) is 45.3 Å². The van der Waals surface area contributed by atoms with Crippen LogP contribution in [0.25, 0.3) is 5.69 Å². The summed E-state index contributed by atoms with van der Waals surface area (Å²) < 4.78 is 60.6. The van der Waals surface area contributed by atoms with Crippen LogP contribution in [0.3, 0.4) is 0 Å². The highest BCUT2D eigenvalue weighted by molar-refractivity contribution is 5.93. The smallest absolute Gasteiger partial charge is 0.373 e. The Kier molecular flexibility index (Phi) is 7.18. The molecule has 7 nitrogen and oxygen atoms in total. The van der Waals surface area contributed by atoms with Gasteiger partial charge in [-0.1, -0.05) is 29.5 Å². The predicted octanol–water partition coefficient (Wildman–Crippen LogP) is 3.96. The number of benzene rings is 2. The number of ether oxygens (including phenoxy) is 1. The molecule has 2 heterocycles. The fourth-order valence-corrected chi connectivity index (χ4v) is 4.15. The molecule has 2 atom stereocenters. The highest BCUT2D eigenvalue weighted by atomic mass is 19.4. The van der Waals surface area contributed by atoms with Crippen LogP contribution in [0.1, 0.15) is 41.2 Å². The summed E-state index contributed by atoms with van der Waals surface area (Å²) in [7, 11) is 0. The Morgan fingerprint density at radius 1 is 1.03 bits per heavy atom. The molecule has 0 aliphatic carbocycles. The fraction of sp³-hybridized carbons (Fsp3) is 0.375. The lowest BCUT2D eigenvalue weighted by Gasteiger charge is -2.35. The molecule has 35 heavy (non-hydrogen) atoms. The van der Waals surface area contributed by atoms with E-state index in [4.69, 9.17) is 4.74 Å². The van der Waals surface area contributed by atoms with E-state index in [2.05, 4.69) is 20.5 Å². The predicted molar refractivity (Wildman–Crippen MR) is 119 cm³/mol. The number of nitrogens with one attached hydrogen (secondary N) is 1. The molecule has 1 aliphatic rings. The van der Waals surface area contributed by atoms with Gasteiger partial charge in [-0.25, -0.2) is 9.07 Å². The lowest BCUT2D eigenvalue weighted by atomic mass is 10.1. The molecule has 1 saturated heterocycles. The molecule has 1 aliphatic heterocycles. The largest absolute Gasteiger partial charge is 0.435 e. The second-order valence-corrected chi connectivity index (χ2v) is 8.62. The maximum absolute atomic E-state index is 13.7. The first-order valence-electron chi connectivity index (χ1n) is 11.1. The maximum atomic E-state index is 13.7. The average molecular weight is 491 g/mol. The normalized spacial score (nSPS) is 19.0. The zero-order valence-electron chi connectivity index (χ0n) is 19.2. The first-order valence-corrected chi connectivity index (χ1v) is 11.1. The van der Waals surface area contributed by atoms with Gasteiger partial charge in [0.05, 0.1) is 17.9 Å². The Morgan fingerprint density at radius 2 is 1.63 bits per heavy atom. The molecule has 4 rings (SSSR count). The number of halogens is 4. The van der Waals surface area contributed by atoms with Crippen LogP contribution in [0.4, 0.5) is 17.6 Å². The number of rotatable bonds is 6. The van der Waals surface area contributed by atoms with Crippen LogP contribution in [-0.4, -0.2) is 51.1 Å². The summed E-state index contributed by atoms with van der Waals surface area (Å²) in [5.41, 5.74) is -0.432. The van der Waals surface area contributed by atoms with Crippen LogP contribution >= 0.6 is 0 Å². The van der Waals surface area contributed by atoms with Gasteiger partial charge in [0.1, 0.15) is 5.82 Å². The Hall–Kier alpha value is -3.31. The minimum absolute atomic E-state index is 0.0193. The molecule has 0 radical (unpaired) electrons. The van der Waals surface area contributed by atoms with Crippen molar-refractivity contribution < 1.29 is 27.1 Å². The molecular weight excluding hydrogens is 466 g/mol. The van der Waals surface area contributed by atoms with Gasteiger partial charge in [-0.05, 0) is 49.2 Å². The molecule has 11 heteroatoms. The molecule has 1 N–H and O–H groups in total. The van der Waals surface area contributed by atoms with Gasteiger partial charge in [0.15, 0.2) is 11.4 Å². The van der Waals surface area contributed by atoms with E-state index in [0.717, 1.165) is 55.0 Å². The summed E-state index contributed by atoms with van der Waals surface area (Å²) in [6.45, 7) is 6.52. The molecule has 0 saturated carbocycles. The summed E-state index contributed by atoms with van der Waals surface area (Å²) in [5.74, 6) is -1.62. The van der Waals surface area contributed by atoms with Gasteiger partial charge in [-0.3, -0.25) is 9.69 Å². The molecule has 1 fully saturated rings. The van der Waals surface area contributed by atoms with Crippen molar-refractivity contribution >= 4 is 5.91 Å². The van der Waals surface area contributed by atoms with Crippen molar-refractivity contribution in [3.63, 3.8) is 0 Å². The van der Waals surface area contributed by atoms with Gasteiger partial charge in [-0.15, -0.1) is 5.10 Å². The van der Waals surface area contributed by atoms with Crippen molar-refractivity contribution in [2.24, 2.45) is 0 Å². The van der Waals surface area contributed by atoms with Gasteiger partial charge < -0.3 is 10.1 Å². The Balaban J connectivity index is 1.42. The molecule has 186 valence electrons. The second-order valence-electron chi connectivity index (χ2n) is 8.62. The Labute approximate surface area is 199 Å². The zero-order valence-corrected chi connectivity index (χ0v) is 19.2. The highest BCUT2D eigenvalue weighted by Gasteiger charge is 2.42. The monoisotopic (exact) mass is 491 g/mol. The number of alkyl halides is 3. The van der Waals surface area contributed by atoms with Crippen LogP contribution < -0.4 is 5.32 Å². The summed E-state index contributed by atoms with van der Waals surface area (Å²) in [4.78, 5) is 14.9. The number of carbonyl (C=O) groups excluding carboxylic acids is 1. The second kappa shape index (κ2) is 10.1. The fourth-order valence-electron chi connectivity index (χ4n) is 4.15. The average Bonchev–Trinajstić information content (AvgIpc) is 3.24. The number of hydrogen-bond acceptors (Lipinski definition) is 5. The van der Waals surface area contributed by atoms with E-state index in [1.165, 1.54) is 0 Å². The quantitative estimate of drug-likeness (QED) is 0.529. The summed E-state index contributed by atoms with van der Waals surface area (Å²) in [6.07, 6.45) is -4.58. The lowest BCUT2D eigenvalue weighted by molar-refractivity contribution is -0.143. The number of morpholine rings is 1. The van der Waals surface area contributed by atoms with E-state index in [-0.39, 0.29) is 24.4 Å². The van der Waals surface area contributed by atoms with Gasteiger partial charge in [0, 0.05) is 26.2 Å². The number of amides is 1. The van der Waals surface area contributed by atoms with Crippen LogP contribution in [0.5, 0.6) is 0 Å². The molecule has 1 amide bonds. The molecule has 2 unspecified atom stereocenters. The first kappa shape index (κ1) is 24.8. The van der Waals surface area contributed by atoms with Crippen LogP contribution in [0.2, 0.25) is 0 Å².